The quantitative estimate of drug-likeness (QED) is 0.356. The van der Waals surface area contributed by atoms with E-state index in [1.807, 2.05) is 0 Å². The Labute approximate surface area is 125 Å². The first-order chi connectivity index (χ1) is 9.22. The van der Waals surface area contributed by atoms with Gasteiger partial charge in [-0.25, -0.2) is 9.59 Å². The number of aliphatic carboxylic acids is 1. The Bertz CT molecular complexity index is 423. The van der Waals surface area contributed by atoms with E-state index >= 15 is 0 Å². The maximum absolute atomic E-state index is 11.9. The van der Waals surface area contributed by atoms with Gasteiger partial charge in [-0.2, -0.15) is 0 Å². The van der Waals surface area contributed by atoms with E-state index in [0.717, 1.165) is 23.5 Å². The lowest BCUT2D eigenvalue weighted by molar-refractivity contribution is -0.151. The summed E-state index contributed by atoms with van der Waals surface area (Å²) in [4.78, 5) is 34.6. The Balaban J connectivity index is 2.92. The molecule has 20 heavy (non-hydrogen) atoms. The summed E-state index contributed by atoms with van der Waals surface area (Å²) in [6.45, 7) is 6.65. The summed E-state index contributed by atoms with van der Waals surface area (Å²) in [5.74, 6) is -2.58. The maximum Gasteiger partial charge on any atom is 0.347 e. The van der Waals surface area contributed by atoms with Crippen molar-refractivity contribution in [2.24, 2.45) is 0 Å². The Morgan fingerprint density at radius 2 is 1.40 bits per heavy atom. The zero-order valence-electron chi connectivity index (χ0n) is 11.5. The predicted octanol–water partition coefficient (Wildman–Crippen LogP) is 1.99. The third-order valence-corrected chi connectivity index (χ3v) is 4.75. The number of rotatable bonds is 5. The van der Waals surface area contributed by atoms with Crippen LogP contribution < -0.4 is 0 Å². The van der Waals surface area contributed by atoms with E-state index in [1.165, 1.54) is 0 Å². The molecule has 0 spiro atoms. The average molecular weight is 320 g/mol. The fourth-order valence-corrected chi connectivity index (χ4v) is 3.26. The van der Waals surface area contributed by atoms with Crippen LogP contribution in [-0.2, 0) is 23.9 Å². The summed E-state index contributed by atoms with van der Waals surface area (Å²) >= 11 is 1.88. The minimum absolute atomic E-state index is 0.222. The van der Waals surface area contributed by atoms with E-state index in [4.69, 9.17) is 14.6 Å². The number of hydrogen-bond donors (Lipinski definition) is 1. The monoisotopic (exact) mass is 320 g/mol. The van der Waals surface area contributed by atoms with Crippen LogP contribution in [0.15, 0.2) is 9.81 Å². The van der Waals surface area contributed by atoms with Crippen LogP contribution >= 0.6 is 23.5 Å². The molecule has 1 aliphatic rings. The lowest BCUT2D eigenvalue weighted by Gasteiger charge is -2.26. The molecule has 0 radical (unpaired) electrons. The van der Waals surface area contributed by atoms with Crippen LogP contribution in [0.25, 0.3) is 0 Å². The fraction of sp³-hybridized carbons (Fsp3) is 0.583. The summed E-state index contributed by atoms with van der Waals surface area (Å²) in [6, 6.07) is 0. The third kappa shape index (κ3) is 4.45. The summed E-state index contributed by atoms with van der Waals surface area (Å²) in [6.07, 6.45) is -0.759. The SMILES string of the molecule is CC(C)OC(=O)C(C(=O)OC(C)C)=C1SC(C(=O)O)S1. The molecule has 0 amide bonds. The van der Waals surface area contributed by atoms with Crippen LogP contribution in [0.5, 0.6) is 0 Å². The highest BCUT2D eigenvalue weighted by atomic mass is 32.3. The lowest BCUT2D eigenvalue weighted by Crippen LogP contribution is -2.27. The highest BCUT2D eigenvalue weighted by molar-refractivity contribution is 8.39. The van der Waals surface area contributed by atoms with Crippen molar-refractivity contribution in [2.45, 2.75) is 44.5 Å². The summed E-state index contributed by atoms with van der Waals surface area (Å²) in [5.41, 5.74) is -0.222. The molecule has 1 saturated heterocycles. The minimum Gasteiger partial charge on any atom is -0.480 e. The van der Waals surface area contributed by atoms with Gasteiger partial charge in [-0.15, -0.1) is 0 Å². The van der Waals surface area contributed by atoms with Crippen molar-refractivity contribution in [1.29, 1.82) is 0 Å². The largest absolute Gasteiger partial charge is 0.480 e. The second-order valence-electron chi connectivity index (χ2n) is 4.48. The van der Waals surface area contributed by atoms with Gasteiger partial charge >= 0.3 is 17.9 Å². The molecule has 1 rings (SSSR count). The molecule has 0 bridgehead atoms. The molecule has 0 saturated carbocycles. The number of carbonyl (C=O) groups is 3. The van der Waals surface area contributed by atoms with Crippen LogP contribution in [0.2, 0.25) is 0 Å². The van der Waals surface area contributed by atoms with E-state index < -0.39 is 22.5 Å². The topological polar surface area (TPSA) is 89.9 Å². The molecule has 1 heterocycles. The molecule has 6 nitrogen and oxygen atoms in total. The average Bonchev–Trinajstić information content (AvgIpc) is 2.18. The van der Waals surface area contributed by atoms with Gasteiger partial charge in [0.15, 0.2) is 10.2 Å². The van der Waals surface area contributed by atoms with Crippen molar-refractivity contribution in [3.05, 3.63) is 9.81 Å². The fourth-order valence-electron chi connectivity index (χ4n) is 1.22. The predicted molar refractivity (Wildman–Crippen MR) is 76.1 cm³/mol. The molecule has 1 fully saturated rings. The first-order valence-corrected chi connectivity index (χ1v) is 7.70. The summed E-state index contributed by atoms with van der Waals surface area (Å²) < 4.78 is 9.61. The smallest absolute Gasteiger partial charge is 0.347 e. The van der Waals surface area contributed by atoms with Crippen LogP contribution in [0.3, 0.4) is 0 Å². The summed E-state index contributed by atoms with van der Waals surface area (Å²) in [5, 5.41) is 8.80. The highest BCUT2D eigenvalue weighted by Crippen LogP contribution is 2.52. The van der Waals surface area contributed by atoms with E-state index in [2.05, 4.69) is 0 Å². The molecule has 0 aliphatic carbocycles. The van der Waals surface area contributed by atoms with Crippen molar-refractivity contribution in [2.75, 3.05) is 0 Å². The lowest BCUT2D eigenvalue weighted by atomic mass is 10.3. The van der Waals surface area contributed by atoms with Gasteiger partial charge < -0.3 is 14.6 Å². The molecule has 1 aliphatic heterocycles. The van der Waals surface area contributed by atoms with E-state index in [9.17, 15) is 14.4 Å². The zero-order chi connectivity index (χ0) is 15.4. The van der Waals surface area contributed by atoms with Crippen LogP contribution in [0.1, 0.15) is 27.7 Å². The molecule has 0 atom stereocenters. The number of hydrogen-bond acceptors (Lipinski definition) is 7. The van der Waals surface area contributed by atoms with Gasteiger partial charge in [0, 0.05) is 0 Å². The number of carboxylic acids is 1. The molecule has 0 aromatic rings. The molecule has 0 unspecified atom stereocenters. The maximum atomic E-state index is 11.9. The van der Waals surface area contributed by atoms with E-state index in [1.54, 1.807) is 27.7 Å². The molecule has 112 valence electrons. The second-order valence-corrected chi connectivity index (χ2v) is 7.26. The van der Waals surface area contributed by atoms with Crippen molar-refractivity contribution in [3.63, 3.8) is 0 Å². The van der Waals surface area contributed by atoms with Gasteiger partial charge in [-0.1, -0.05) is 23.5 Å². The minimum atomic E-state index is -1.00. The number of thioether (sulfide) groups is 2. The first-order valence-electron chi connectivity index (χ1n) is 5.94. The summed E-state index contributed by atoms with van der Waals surface area (Å²) in [7, 11) is 0. The van der Waals surface area contributed by atoms with Gasteiger partial charge in [0.25, 0.3) is 0 Å². The molecule has 8 heteroatoms. The third-order valence-electron chi connectivity index (χ3n) is 1.93. The van der Waals surface area contributed by atoms with E-state index in [0.29, 0.717) is 4.24 Å². The second kappa shape index (κ2) is 7.03. The van der Waals surface area contributed by atoms with Gasteiger partial charge in [0.2, 0.25) is 0 Å². The first kappa shape index (κ1) is 16.9. The van der Waals surface area contributed by atoms with Crippen LogP contribution in [-0.4, -0.2) is 39.8 Å². The highest BCUT2D eigenvalue weighted by Gasteiger charge is 2.39. The van der Waals surface area contributed by atoms with Gasteiger partial charge in [-0.3, -0.25) is 4.79 Å². The molecule has 0 aromatic carbocycles. The van der Waals surface area contributed by atoms with Crippen LogP contribution in [0, 0.1) is 0 Å². The molecular formula is C12H16O6S2. The van der Waals surface area contributed by atoms with Crippen molar-refractivity contribution >= 4 is 41.4 Å². The Morgan fingerprint density at radius 1 is 1.00 bits per heavy atom. The van der Waals surface area contributed by atoms with E-state index in [-0.39, 0.29) is 17.8 Å². The number of esters is 2. The number of carboxylic acid groups (broad SMARTS) is 1. The molecular weight excluding hydrogens is 304 g/mol. The number of ether oxygens (including phenoxy) is 2. The Morgan fingerprint density at radius 3 is 1.70 bits per heavy atom. The van der Waals surface area contributed by atoms with Crippen molar-refractivity contribution in [3.8, 4) is 0 Å². The van der Waals surface area contributed by atoms with Crippen molar-refractivity contribution in [1.82, 2.24) is 0 Å². The van der Waals surface area contributed by atoms with Crippen LogP contribution in [0.4, 0.5) is 0 Å². The Kier molecular flexibility index (Phi) is 5.94. The van der Waals surface area contributed by atoms with Gasteiger partial charge in [0.1, 0.15) is 0 Å². The van der Waals surface area contributed by atoms with Crippen molar-refractivity contribution < 1.29 is 29.0 Å². The normalized spacial score (nSPS) is 17.7. The number of carbonyl (C=O) groups excluding carboxylic acids is 2. The van der Waals surface area contributed by atoms with Gasteiger partial charge in [0.05, 0.1) is 16.4 Å². The molecule has 0 aromatic heterocycles. The molecule has 1 N–H and O–H groups in total. The standard InChI is InChI=1S/C12H16O6S2/c1-5(2)17-9(15)7(10(16)18-6(3)4)11-19-12(20-11)8(13)14/h5-6,12H,1-4H3,(H,13,14). The zero-order valence-corrected chi connectivity index (χ0v) is 13.2. The Hall–Kier alpha value is -1.15. The van der Waals surface area contributed by atoms with Gasteiger partial charge in [-0.05, 0) is 27.7 Å².